The molecule has 0 saturated carbocycles. The standard InChI is InChI=1S/C14H20BrNO/c1-8(2)11(5)14(17)16-12-6-9(3)13(15)10(4)7-12/h6-8,11H,1-5H3,(H,16,17). The van der Waals surface area contributed by atoms with Crippen LogP contribution >= 0.6 is 15.9 Å². The molecule has 1 amide bonds. The number of benzene rings is 1. The summed E-state index contributed by atoms with van der Waals surface area (Å²) in [5.74, 6) is 0.466. The van der Waals surface area contributed by atoms with Gasteiger partial charge in [-0.15, -0.1) is 0 Å². The molecule has 1 N–H and O–H groups in total. The zero-order valence-corrected chi connectivity index (χ0v) is 12.7. The molecule has 0 saturated heterocycles. The summed E-state index contributed by atoms with van der Waals surface area (Å²) in [6.07, 6.45) is 0. The van der Waals surface area contributed by atoms with Crippen LogP contribution in [0, 0.1) is 25.7 Å². The lowest BCUT2D eigenvalue weighted by Gasteiger charge is -2.16. The molecular weight excluding hydrogens is 278 g/mol. The minimum atomic E-state index is 0.0271. The van der Waals surface area contributed by atoms with Crippen LogP contribution in [-0.4, -0.2) is 5.91 Å². The summed E-state index contributed by atoms with van der Waals surface area (Å²) < 4.78 is 1.10. The van der Waals surface area contributed by atoms with Gasteiger partial charge in [-0.2, -0.15) is 0 Å². The van der Waals surface area contributed by atoms with E-state index in [0.29, 0.717) is 5.92 Å². The minimum Gasteiger partial charge on any atom is -0.326 e. The van der Waals surface area contributed by atoms with Gasteiger partial charge in [0.1, 0.15) is 0 Å². The molecule has 3 heteroatoms. The molecule has 0 aliphatic carbocycles. The second-order valence-corrected chi connectivity index (χ2v) is 5.74. The van der Waals surface area contributed by atoms with E-state index < -0.39 is 0 Å². The molecule has 17 heavy (non-hydrogen) atoms. The highest BCUT2D eigenvalue weighted by Gasteiger charge is 2.16. The van der Waals surface area contributed by atoms with Crippen LogP contribution in [0.5, 0.6) is 0 Å². The fourth-order valence-electron chi connectivity index (χ4n) is 1.58. The molecule has 0 spiro atoms. The SMILES string of the molecule is Cc1cc(NC(=O)C(C)C(C)C)cc(C)c1Br. The van der Waals surface area contributed by atoms with Crippen LogP contribution in [0.15, 0.2) is 16.6 Å². The fraction of sp³-hybridized carbons (Fsp3) is 0.500. The molecule has 0 bridgehead atoms. The molecule has 0 fully saturated rings. The van der Waals surface area contributed by atoms with Crippen molar-refractivity contribution in [1.82, 2.24) is 0 Å². The Labute approximate surface area is 112 Å². The maximum absolute atomic E-state index is 11.9. The first-order valence-electron chi connectivity index (χ1n) is 5.90. The molecule has 94 valence electrons. The molecule has 2 nitrogen and oxygen atoms in total. The van der Waals surface area contributed by atoms with Gasteiger partial charge in [0.05, 0.1) is 0 Å². The predicted molar refractivity (Wildman–Crippen MR) is 76.2 cm³/mol. The average Bonchev–Trinajstić information content (AvgIpc) is 2.24. The minimum absolute atomic E-state index is 0.0271. The van der Waals surface area contributed by atoms with Gasteiger partial charge < -0.3 is 5.32 Å². The molecule has 0 aliphatic heterocycles. The van der Waals surface area contributed by atoms with E-state index in [1.165, 1.54) is 0 Å². The van der Waals surface area contributed by atoms with Crippen LogP contribution in [0.25, 0.3) is 0 Å². The maximum atomic E-state index is 11.9. The largest absolute Gasteiger partial charge is 0.326 e. The topological polar surface area (TPSA) is 29.1 Å². The Balaban J connectivity index is 2.86. The van der Waals surface area contributed by atoms with Gasteiger partial charge in [-0.05, 0) is 43.0 Å². The number of anilines is 1. The summed E-state index contributed by atoms with van der Waals surface area (Å²) in [4.78, 5) is 11.9. The van der Waals surface area contributed by atoms with Crippen molar-refractivity contribution in [3.05, 3.63) is 27.7 Å². The van der Waals surface area contributed by atoms with Crippen molar-refractivity contribution in [3.8, 4) is 0 Å². The van der Waals surface area contributed by atoms with Gasteiger partial charge in [-0.3, -0.25) is 4.79 Å². The van der Waals surface area contributed by atoms with E-state index in [9.17, 15) is 4.79 Å². The Morgan fingerprint density at radius 2 is 1.65 bits per heavy atom. The lowest BCUT2D eigenvalue weighted by molar-refractivity contribution is -0.120. The van der Waals surface area contributed by atoms with Crippen LogP contribution in [0.4, 0.5) is 5.69 Å². The number of carbonyl (C=O) groups excluding carboxylic acids is 1. The van der Waals surface area contributed by atoms with Gasteiger partial charge in [0.25, 0.3) is 0 Å². The quantitative estimate of drug-likeness (QED) is 0.885. The van der Waals surface area contributed by atoms with Gasteiger partial charge >= 0.3 is 0 Å². The van der Waals surface area contributed by atoms with Crippen molar-refractivity contribution < 1.29 is 4.79 Å². The first-order chi connectivity index (χ1) is 7.82. The third-order valence-corrected chi connectivity index (χ3v) is 4.37. The maximum Gasteiger partial charge on any atom is 0.227 e. The number of hydrogen-bond acceptors (Lipinski definition) is 1. The van der Waals surface area contributed by atoms with Crippen molar-refractivity contribution in [2.75, 3.05) is 5.32 Å². The first-order valence-corrected chi connectivity index (χ1v) is 6.69. The number of rotatable bonds is 3. The normalized spacial score (nSPS) is 12.6. The zero-order chi connectivity index (χ0) is 13.2. The van der Waals surface area contributed by atoms with Crippen molar-refractivity contribution in [3.63, 3.8) is 0 Å². The molecule has 1 atom stereocenters. The highest BCUT2D eigenvalue weighted by Crippen LogP contribution is 2.25. The summed E-state index contributed by atoms with van der Waals surface area (Å²) in [6, 6.07) is 3.98. The van der Waals surface area contributed by atoms with Crippen LogP contribution in [0.3, 0.4) is 0 Å². The molecule has 1 aromatic rings. The van der Waals surface area contributed by atoms with E-state index in [1.54, 1.807) is 0 Å². The van der Waals surface area contributed by atoms with E-state index in [-0.39, 0.29) is 11.8 Å². The number of halogens is 1. The highest BCUT2D eigenvalue weighted by molar-refractivity contribution is 9.10. The Hall–Kier alpha value is -0.830. The second kappa shape index (κ2) is 5.67. The summed E-state index contributed by atoms with van der Waals surface area (Å²) in [5, 5.41) is 2.97. The van der Waals surface area contributed by atoms with Crippen LogP contribution < -0.4 is 5.32 Å². The number of hydrogen-bond donors (Lipinski definition) is 1. The van der Waals surface area contributed by atoms with Crippen LogP contribution in [0.1, 0.15) is 31.9 Å². The Bertz CT molecular complexity index is 403. The molecule has 0 aliphatic rings. The number of aryl methyl sites for hydroxylation is 2. The summed E-state index contributed by atoms with van der Waals surface area (Å²) in [7, 11) is 0. The number of amides is 1. The third-order valence-electron chi connectivity index (χ3n) is 3.12. The molecule has 1 rings (SSSR count). The van der Waals surface area contributed by atoms with Crippen molar-refractivity contribution in [1.29, 1.82) is 0 Å². The second-order valence-electron chi connectivity index (χ2n) is 4.95. The van der Waals surface area contributed by atoms with Gasteiger partial charge in [0.15, 0.2) is 0 Å². The fourth-order valence-corrected chi connectivity index (χ4v) is 1.81. The summed E-state index contributed by atoms with van der Waals surface area (Å²) in [6.45, 7) is 10.1. The summed E-state index contributed by atoms with van der Waals surface area (Å²) >= 11 is 3.52. The Morgan fingerprint density at radius 3 is 2.06 bits per heavy atom. The van der Waals surface area contributed by atoms with E-state index in [4.69, 9.17) is 0 Å². The zero-order valence-electron chi connectivity index (χ0n) is 11.1. The van der Waals surface area contributed by atoms with Gasteiger partial charge in [-0.25, -0.2) is 0 Å². The van der Waals surface area contributed by atoms with E-state index in [2.05, 4.69) is 35.1 Å². The molecule has 0 radical (unpaired) electrons. The van der Waals surface area contributed by atoms with E-state index in [0.717, 1.165) is 21.3 Å². The van der Waals surface area contributed by atoms with Gasteiger partial charge in [-0.1, -0.05) is 36.7 Å². The van der Waals surface area contributed by atoms with Crippen LogP contribution in [-0.2, 0) is 4.79 Å². The van der Waals surface area contributed by atoms with E-state index >= 15 is 0 Å². The van der Waals surface area contributed by atoms with Crippen molar-refractivity contribution >= 4 is 27.5 Å². The van der Waals surface area contributed by atoms with Crippen molar-refractivity contribution in [2.45, 2.75) is 34.6 Å². The van der Waals surface area contributed by atoms with Crippen molar-refractivity contribution in [2.24, 2.45) is 11.8 Å². The number of nitrogens with one attached hydrogen (secondary N) is 1. The van der Waals surface area contributed by atoms with Gasteiger partial charge in [0, 0.05) is 16.1 Å². The Kier molecular flexibility index (Phi) is 4.75. The Morgan fingerprint density at radius 1 is 1.18 bits per heavy atom. The lowest BCUT2D eigenvalue weighted by Crippen LogP contribution is -2.24. The highest BCUT2D eigenvalue weighted by atomic mass is 79.9. The monoisotopic (exact) mass is 297 g/mol. The summed E-state index contributed by atoms with van der Waals surface area (Å²) in [5.41, 5.74) is 3.15. The third kappa shape index (κ3) is 3.56. The molecule has 1 aromatic carbocycles. The van der Waals surface area contributed by atoms with E-state index in [1.807, 2.05) is 32.9 Å². The first kappa shape index (κ1) is 14.2. The predicted octanol–water partition coefficient (Wildman–Crippen LogP) is 4.30. The molecular formula is C14H20BrNO. The van der Waals surface area contributed by atoms with Gasteiger partial charge in [0.2, 0.25) is 5.91 Å². The smallest absolute Gasteiger partial charge is 0.227 e. The molecule has 0 aromatic heterocycles. The molecule has 0 heterocycles. The van der Waals surface area contributed by atoms with Crippen LogP contribution in [0.2, 0.25) is 0 Å². The lowest BCUT2D eigenvalue weighted by atomic mass is 9.97. The molecule has 1 unspecified atom stereocenters. The number of carbonyl (C=O) groups is 1. The average molecular weight is 298 g/mol.